The third-order valence-corrected chi connectivity index (χ3v) is 4.39. The standard InChI is InChI=1S/C15H20N2O2/c1-15(9-19-10-15)12-6-7-17(8-14(16)18)13-5-3-2-4-11(12)13/h2-5,12H,6-10H2,1H3,(H2,16,18)/t12-/m0/s1. The summed E-state index contributed by atoms with van der Waals surface area (Å²) in [5.41, 5.74) is 8.07. The van der Waals surface area contributed by atoms with Crippen LogP contribution in [0.1, 0.15) is 24.8 Å². The molecule has 19 heavy (non-hydrogen) atoms. The number of carbonyl (C=O) groups is 1. The van der Waals surface area contributed by atoms with Crippen LogP contribution in [0, 0.1) is 5.41 Å². The van der Waals surface area contributed by atoms with Crippen molar-refractivity contribution in [3.63, 3.8) is 0 Å². The van der Waals surface area contributed by atoms with Gasteiger partial charge in [0, 0.05) is 17.6 Å². The summed E-state index contributed by atoms with van der Waals surface area (Å²) in [4.78, 5) is 13.3. The molecule has 1 saturated heterocycles. The maximum absolute atomic E-state index is 11.2. The number of nitrogens with two attached hydrogens (primary N) is 1. The smallest absolute Gasteiger partial charge is 0.236 e. The molecule has 2 aliphatic heterocycles. The van der Waals surface area contributed by atoms with E-state index in [2.05, 4.69) is 30.0 Å². The van der Waals surface area contributed by atoms with Crippen LogP contribution in [0.2, 0.25) is 0 Å². The van der Waals surface area contributed by atoms with Gasteiger partial charge in [0.1, 0.15) is 0 Å². The molecule has 3 rings (SSSR count). The molecule has 0 aliphatic carbocycles. The summed E-state index contributed by atoms with van der Waals surface area (Å²) < 4.78 is 5.41. The Morgan fingerprint density at radius 2 is 2.21 bits per heavy atom. The Balaban J connectivity index is 1.93. The van der Waals surface area contributed by atoms with Crippen molar-refractivity contribution in [2.75, 3.05) is 31.2 Å². The van der Waals surface area contributed by atoms with Crippen molar-refractivity contribution >= 4 is 11.6 Å². The number of primary amides is 1. The van der Waals surface area contributed by atoms with Crippen LogP contribution in [-0.4, -0.2) is 32.2 Å². The molecule has 0 unspecified atom stereocenters. The Hall–Kier alpha value is -1.55. The first-order valence-electron chi connectivity index (χ1n) is 6.80. The predicted molar refractivity (Wildman–Crippen MR) is 74.1 cm³/mol. The summed E-state index contributed by atoms with van der Waals surface area (Å²) in [7, 11) is 0. The summed E-state index contributed by atoms with van der Waals surface area (Å²) in [6.45, 7) is 5.16. The molecule has 4 heteroatoms. The van der Waals surface area contributed by atoms with Crippen molar-refractivity contribution in [1.29, 1.82) is 0 Å². The van der Waals surface area contributed by atoms with E-state index in [1.165, 1.54) is 5.56 Å². The molecule has 2 aliphatic rings. The molecule has 0 saturated carbocycles. The molecule has 2 heterocycles. The van der Waals surface area contributed by atoms with E-state index in [1.807, 2.05) is 6.07 Å². The summed E-state index contributed by atoms with van der Waals surface area (Å²) in [6.07, 6.45) is 1.06. The number of hydrogen-bond donors (Lipinski definition) is 1. The van der Waals surface area contributed by atoms with Gasteiger partial charge in [-0.3, -0.25) is 4.79 Å². The number of para-hydroxylation sites is 1. The highest BCUT2D eigenvalue weighted by atomic mass is 16.5. The quantitative estimate of drug-likeness (QED) is 0.896. The zero-order valence-electron chi connectivity index (χ0n) is 11.3. The van der Waals surface area contributed by atoms with Gasteiger partial charge in [-0.15, -0.1) is 0 Å². The molecule has 1 amide bonds. The van der Waals surface area contributed by atoms with Crippen molar-refractivity contribution in [3.8, 4) is 0 Å². The molecule has 0 spiro atoms. The van der Waals surface area contributed by atoms with Gasteiger partial charge in [-0.05, 0) is 24.0 Å². The summed E-state index contributed by atoms with van der Waals surface area (Å²) in [5, 5.41) is 0. The lowest BCUT2D eigenvalue weighted by Crippen LogP contribution is -2.48. The lowest BCUT2D eigenvalue weighted by molar-refractivity contribution is -0.119. The molecule has 1 aromatic rings. The highest BCUT2D eigenvalue weighted by Gasteiger charge is 2.44. The van der Waals surface area contributed by atoms with E-state index in [0.717, 1.165) is 31.9 Å². The number of anilines is 1. The first-order valence-corrected chi connectivity index (χ1v) is 6.80. The molecule has 4 nitrogen and oxygen atoms in total. The number of nitrogens with zero attached hydrogens (tertiary/aromatic N) is 1. The van der Waals surface area contributed by atoms with Crippen molar-refractivity contribution < 1.29 is 9.53 Å². The lowest BCUT2D eigenvalue weighted by atomic mass is 9.68. The van der Waals surface area contributed by atoms with Crippen molar-refractivity contribution in [1.82, 2.24) is 0 Å². The normalized spacial score (nSPS) is 24.5. The number of fused-ring (bicyclic) bond motifs is 1. The second kappa shape index (κ2) is 4.53. The van der Waals surface area contributed by atoms with E-state index < -0.39 is 0 Å². The minimum Gasteiger partial charge on any atom is -0.380 e. The minimum absolute atomic E-state index is 0.245. The zero-order valence-corrected chi connectivity index (χ0v) is 11.3. The van der Waals surface area contributed by atoms with E-state index in [4.69, 9.17) is 10.5 Å². The van der Waals surface area contributed by atoms with Crippen LogP contribution in [0.25, 0.3) is 0 Å². The monoisotopic (exact) mass is 260 g/mol. The van der Waals surface area contributed by atoms with Crippen LogP contribution in [0.3, 0.4) is 0 Å². The molecule has 1 fully saturated rings. The van der Waals surface area contributed by atoms with E-state index in [1.54, 1.807) is 0 Å². The first kappa shape index (κ1) is 12.5. The average molecular weight is 260 g/mol. The number of hydrogen-bond acceptors (Lipinski definition) is 3. The Morgan fingerprint density at radius 3 is 2.84 bits per heavy atom. The third-order valence-electron chi connectivity index (χ3n) is 4.39. The predicted octanol–water partition coefficient (Wildman–Crippen LogP) is 1.50. The van der Waals surface area contributed by atoms with Crippen molar-refractivity contribution in [2.24, 2.45) is 11.1 Å². The van der Waals surface area contributed by atoms with Gasteiger partial charge in [0.05, 0.1) is 19.8 Å². The van der Waals surface area contributed by atoms with E-state index in [9.17, 15) is 4.79 Å². The van der Waals surface area contributed by atoms with Gasteiger partial charge in [0.2, 0.25) is 5.91 Å². The Kier molecular flexibility index (Phi) is 2.97. The molecule has 102 valence electrons. The second-order valence-electron chi connectivity index (χ2n) is 5.93. The maximum Gasteiger partial charge on any atom is 0.236 e. The molecule has 1 aromatic carbocycles. The topological polar surface area (TPSA) is 55.6 Å². The van der Waals surface area contributed by atoms with Crippen LogP contribution in [0.4, 0.5) is 5.69 Å². The molecule has 0 aromatic heterocycles. The van der Waals surface area contributed by atoms with Crippen molar-refractivity contribution in [3.05, 3.63) is 29.8 Å². The number of benzene rings is 1. The zero-order chi connectivity index (χ0) is 13.5. The lowest BCUT2D eigenvalue weighted by Gasteiger charge is -2.48. The van der Waals surface area contributed by atoms with Gasteiger partial charge in [-0.25, -0.2) is 0 Å². The van der Waals surface area contributed by atoms with Crippen LogP contribution in [0.5, 0.6) is 0 Å². The number of amides is 1. The average Bonchev–Trinajstić information content (AvgIpc) is 2.36. The molecule has 1 atom stereocenters. The first-order chi connectivity index (χ1) is 9.10. The van der Waals surface area contributed by atoms with E-state index >= 15 is 0 Å². The SMILES string of the molecule is CC1([C@H]2CCN(CC(N)=O)c3ccccc32)COC1. The molecular formula is C15H20N2O2. The minimum atomic E-state index is -0.272. The number of rotatable bonds is 3. The third kappa shape index (κ3) is 2.10. The Labute approximate surface area is 113 Å². The van der Waals surface area contributed by atoms with Crippen LogP contribution in [0.15, 0.2) is 24.3 Å². The fraction of sp³-hybridized carbons (Fsp3) is 0.533. The van der Waals surface area contributed by atoms with Crippen LogP contribution in [-0.2, 0) is 9.53 Å². The fourth-order valence-electron chi connectivity index (χ4n) is 3.33. The van der Waals surface area contributed by atoms with E-state index in [-0.39, 0.29) is 11.3 Å². The highest BCUT2D eigenvalue weighted by Crippen LogP contribution is 2.48. The number of carbonyl (C=O) groups excluding carboxylic acids is 1. The maximum atomic E-state index is 11.2. The summed E-state index contributed by atoms with van der Waals surface area (Å²) in [5.74, 6) is 0.244. The molecular weight excluding hydrogens is 240 g/mol. The Bertz CT molecular complexity index is 497. The molecule has 0 bridgehead atoms. The van der Waals surface area contributed by atoms with Gasteiger partial charge in [-0.2, -0.15) is 0 Å². The summed E-state index contributed by atoms with van der Waals surface area (Å²) >= 11 is 0. The van der Waals surface area contributed by atoms with Crippen LogP contribution >= 0.6 is 0 Å². The Morgan fingerprint density at radius 1 is 1.47 bits per heavy atom. The van der Waals surface area contributed by atoms with Gasteiger partial charge >= 0.3 is 0 Å². The van der Waals surface area contributed by atoms with Gasteiger partial charge in [0.25, 0.3) is 0 Å². The van der Waals surface area contributed by atoms with Gasteiger partial charge in [-0.1, -0.05) is 25.1 Å². The second-order valence-corrected chi connectivity index (χ2v) is 5.93. The molecule has 2 N–H and O–H groups in total. The largest absolute Gasteiger partial charge is 0.380 e. The van der Waals surface area contributed by atoms with Gasteiger partial charge in [0.15, 0.2) is 0 Å². The summed E-state index contributed by atoms with van der Waals surface area (Å²) in [6, 6.07) is 8.36. The molecule has 0 radical (unpaired) electrons. The van der Waals surface area contributed by atoms with E-state index in [0.29, 0.717) is 12.5 Å². The fourth-order valence-corrected chi connectivity index (χ4v) is 3.33. The van der Waals surface area contributed by atoms with Crippen molar-refractivity contribution in [2.45, 2.75) is 19.3 Å². The van der Waals surface area contributed by atoms with Crippen LogP contribution < -0.4 is 10.6 Å². The van der Waals surface area contributed by atoms with Gasteiger partial charge < -0.3 is 15.4 Å². The number of ether oxygens (including phenoxy) is 1. The highest BCUT2D eigenvalue weighted by molar-refractivity contribution is 5.80.